The van der Waals surface area contributed by atoms with Crippen LogP contribution in [0, 0.1) is 5.92 Å². The summed E-state index contributed by atoms with van der Waals surface area (Å²) in [5, 5.41) is 12.3. The van der Waals surface area contributed by atoms with E-state index in [9.17, 15) is 0 Å². The molecule has 1 rings (SSSR count). The molecule has 0 saturated carbocycles. The molecule has 0 aliphatic rings. The van der Waals surface area contributed by atoms with E-state index in [0.29, 0.717) is 12.5 Å². The van der Waals surface area contributed by atoms with Gasteiger partial charge in [-0.1, -0.05) is 38.1 Å². The molecule has 1 atom stereocenters. The Labute approximate surface area is 98.7 Å². The molecule has 0 spiro atoms. The first-order chi connectivity index (χ1) is 7.58. The minimum absolute atomic E-state index is 0.278. The molecule has 0 saturated heterocycles. The van der Waals surface area contributed by atoms with Gasteiger partial charge >= 0.3 is 0 Å². The Balaban J connectivity index is 2.39. The molecule has 2 heteroatoms. The number of benzene rings is 1. The van der Waals surface area contributed by atoms with Gasteiger partial charge in [-0.2, -0.15) is 0 Å². The summed E-state index contributed by atoms with van der Waals surface area (Å²) >= 11 is 0. The summed E-state index contributed by atoms with van der Waals surface area (Å²) in [5.41, 5.74) is 2.67. The zero-order valence-electron chi connectivity index (χ0n) is 10.5. The summed E-state index contributed by atoms with van der Waals surface area (Å²) in [6.45, 7) is 7.73. The van der Waals surface area contributed by atoms with E-state index in [0.717, 1.165) is 13.0 Å². The number of nitrogens with one attached hydrogen (secondary N) is 1. The minimum Gasteiger partial charge on any atom is -0.392 e. The van der Waals surface area contributed by atoms with E-state index in [1.165, 1.54) is 11.1 Å². The largest absolute Gasteiger partial charge is 0.392 e. The van der Waals surface area contributed by atoms with E-state index in [1.807, 2.05) is 0 Å². The second-order valence-electron chi connectivity index (χ2n) is 4.89. The Kier molecular flexibility index (Phi) is 5.50. The summed E-state index contributed by atoms with van der Waals surface area (Å²) < 4.78 is 0. The molecule has 0 aliphatic heterocycles. The molecular formula is C14H23NO. The molecule has 0 aliphatic carbocycles. The third-order valence-electron chi connectivity index (χ3n) is 2.44. The number of hydrogen-bond donors (Lipinski definition) is 2. The topological polar surface area (TPSA) is 32.3 Å². The second-order valence-corrected chi connectivity index (χ2v) is 4.89. The van der Waals surface area contributed by atoms with Crippen LogP contribution >= 0.6 is 0 Å². The fourth-order valence-electron chi connectivity index (χ4n) is 1.69. The molecule has 16 heavy (non-hydrogen) atoms. The average Bonchev–Trinajstić information content (AvgIpc) is 2.19. The maximum atomic E-state index is 9.11. The monoisotopic (exact) mass is 221 g/mol. The quantitative estimate of drug-likeness (QED) is 0.773. The standard InChI is InChI=1S/C14H23NO/c1-11(2)8-13-4-6-14(7-5-13)10-15-9-12(3)16/h4-7,11-12,15-16H,8-10H2,1-3H3/t12-/m1/s1. The normalized spacial score (nSPS) is 13.1. The van der Waals surface area contributed by atoms with Crippen LogP contribution in [0.1, 0.15) is 31.9 Å². The third kappa shape index (κ3) is 5.29. The Hall–Kier alpha value is -0.860. The lowest BCUT2D eigenvalue weighted by Crippen LogP contribution is -2.23. The lowest BCUT2D eigenvalue weighted by atomic mass is 10.0. The molecule has 0 heterocycles. The summed E-state index contributed by atoms with van der Waals surface area (Å²) in [5.74, 6) is 0.708. The molecule has 0 amide bonds. The van der Waals surface area contributed by atoms with Crippen molar-refractivity contribution in [1.82, 2.24) is 5.32 Å². The van der Waals surface area contributed by atoms with E-state index in [1.54, 1.807) is 6.92 Å². The van der Waals surface area contributed by atoms with Crippen LogP contribution < -0.4 is 5.32 Å². The number of aliphatic hydroxyl groups is 1. The Morgan fingerprint density at radius 1 is 1.06 bits per heavy atom. The van der Waals surface area contributed by atoms with Gasteiger partial charge in [0, 0.05) is 13.1 Å². The van der Waals surface area contributed by atoms with Gasteiger partial charge in [-0.25, -0.2) is 0 Å². The predicted molar refractivity (Wildman–Crippen MR) is 68.4 cm³/mol. The van der Waals surface area contributed by atoms with Crippen molar-refractivity contribution in [3.8, 4) is 0 Å². The Morgan fingerprint density at radius 2 is 1.62 bits per heavy atom. The number of hydrogen-bond acceptors (Lipinski definition) is 2. The molecule has 1 aromatic carbocycles. The van der Waals surface area contributed by atoms with E-state index >= 15 is 0 Å². The first-order valence-corrected chi connectivity index (χ1v) is 6.04. The first-order valence-electron chi connectivity index (χ1n) is 6.04. The minimum atomic E-state index is -0.278. The SMILES string of the molecule is CC(C)Cc1ccc(CNC[C@@H](C)O)cc1. The maximum absolute atomic E-state index is 9.11. The second kappa shape index (κ2) is 6.66. The van der Waals surface area contributed by atoms with Crippen molar-refractivity contribution in [2.45, 2.75) is 39.8 Å². The highest BCUT2D eigenvalue weighted by Gasteiger charge is 1.99. The van der Waals surface area contributed by atoms with Crippen LogP contribution in [-0.4, -0.2) is 17.8 Å². The van der Waals surface area contributed by atoms with Gasteiger partial charge in [0.05, 0.1) is 6.10 Å². The van der Waals surface area contributed by atoms with Crippen LogP contribution in [0.25, 0.3) is 0 Å². The fraction of sp³-hybridized carbons (Fsp3) is 0.571. The summed E-state index contributed by atoms with van der Waals surface area (Å²) in [6, 6.07) is 8.71. The molecule has 0 aromatic heterocycles. The average molecular weight is 221 g/mol. The highest BCUT2D eigenvalue weighted by Crippen LogP contribution is 2.09. The van der Waals surface area contributed by atoms with Crippen LogP contribution in [0.4, 0.5) is 0 Å². The Morgan fingerprint density at radius 3 is 2.12 bits per heavy atom. The molecule has 2 N–H and O–H groups in total. The summed E-state index contributed by atoms with van der Waals surface area (Å²) in [4.78, 5) is 0. The molecular weight excluding hydrogens is 198 g/mol. The number of aliphatic hydroxyl groups excluding tert-OH is 1. The smallest absolute Gasteiger partial charge is 0.0636 e. The van der Waals surface area contributed by atoms with Crippen LogP contribution in [0.3, 0.4) is 0 Å². The maximum Gasteiger partial charge on any atom is 0.0636 e. The zero-order chi connectivity index (χ0) is 12.0. The van der Waals surface area contributed by atoms with Gasteiger partial charge in [0.15, 0.2) is 0 Å². The van der Waals surface area contributed by atoms with Gasteiger partial charge in [0.25, 0.3) is 0 Å². The molecule has 1 aromatic rings. The molecule has 90 valence electrons. The van der Waals surface area contributed by atoms with Crippen molar-refractivity contribution in [3.63, 3.8) is 0 Å². The lowest BCUT2D eigenvalue weighted by molar-refractivity contribution is 0.191. The van der Waals surface area contributed by atoms with Crippen molar-refractivity contribution in [2.24, 2.45) is 5.92 Å². The fourth-order valence-corrected chi connectivity index (χ4v) is 1.69. The van der Waals surface area contributed by atoms with E-state index < -0.39 is 0 Å². The zero-order valence-corrected chi connectivity index (χ0v) is 10.5. The third-order valence-corrected chi connectivity index (χ3v) is 2.44. The van der Waals surface area contributed by atoms with Gasteiger partial charge in [-0.05, 0) is 30.4 Å². The molecule has 0 radical (unpaired) electrons. The van der Waals surface area contributed by atoms with E-state index in [2.05, 4.69) is 43.4 Å². The predicted octanol–water partition coefficient (Wildman–Crippen LogP) is 2.36. The summed E-state index contributed by atoms with van der Waals surface area (Å²) in [6.07, 6.45) is 0.863. The highest BCUT2D eigenvalue weighted by molar-refractivity contribution is 5.22. The Bertz CT molecular complexity index is 290. The van der Waals surface area contributed by atoms with Crippen LogP contribution in [0.2, 0.25) is 0 Å². The molecule has 2 nitrogen and oxygen atoms in total. The van der Waals surface area contributed by atoms with Crippen molar-refractivity contribution in [2.75, 3.05) is 6.54 Å². The lowest BCUT2D eigenvalue weighted by Gasteiger charge is -2.08. The first kappa shape index (κ1) is 13.2. The van der Waals surface area contributed by atoms with E-state index in [-0.39, 0.29) is 6.10 Å². The van der Waals surface area contributed by atoms with Gasteiger partial charge in [-0.3, -0.25) is 0 Å². The molecule has 0 bridgehead atoms. The van der Waals surface area contributed by atoms with Crippen molar-refractivity contribution in [1.29, 1.82) is 0 Å². The van der Waals surface area contributed by atoms with Gasteiger partial charge in [0.1, 0.15) is 0 Å². The summed E-state index contributed by atoms with van der Waals surface area (Å²) in [7, 11) is 0. The molecule has 0 unspecified atom stereocenters. The van der Waals surface area contributed by atoms with Gasteiger partial charge in [-0.15, -0.1) is 0 Å². The van der Waals surface area contributed by atoms with E-state index in [4.69, 9.17) is 5.11 Å². The van der Waals surface area contributed by atoms with Crippen LogP contribution in [0.15, 0.2) is 24.3 Å². The van der Waals surface area contributed by atoms with Crippen molar-refractivity contribution < 1.29 is 5.11 Å². The van der Waals surface area contributed by atoms with Crippen LogP contribution in [0.5, 0.6) is 0 Å². The van der Waals surface area contributed by atoms with Gasteiger partial charge in [0.2, 0.25) is 0 Å². The van der Waals surface area contributed by atoms with Crippen molar-refractivity contribution in [3.05, 3.63) is 35.4 Å². The van der Waals surface area contributed by atoms with Crippen LogP contribution in [-0.2, 0) is 13.0 Å². The van der Waals surface area contributed by atoms with Gasteiger partial charge < -0.3 is 10.4 Å². The van der Waals surface area contributed by atoms with Crippen molar-refractivity contribution >= 4 is 0 Å². The highest BCUT2D eigenvalue weighted by atomic mass is 16.3. The number of rotatable bonds is 6. The molecule has 0 fully saturated rings.